The monoisotopic (exact) mass is 239 g/mol. The van der Waals surface area contributed by atoms with Crippen LogP contribution < -0.4 is 5.73 Å². The number of likely N-dealkylation sites (tertiary alicyclic amines) is 1. The SMILES string of the molecule is Nc1cc(C(=O)N2CCCCC2)cc(Cl)n1. The Morgan fingerprint density at radius 2 is 2.00 bits per heavy atom. The van der Waals surface area contributed by atoms with Crippen molar-refractivity contribution in [3.63, 3.8) is 0 Å². The standard InChI is InChI=1S/C11H14ClN3O/c12-9-6-8(7-10(13)14-9)11(16)15-4-2-1-3-5-15/h6-7H,1-5H2,(H2,13,14). The second-order valence-electron chi connectivity index (χ2n) is 3.96. The van der Waals surface area contributed by atoms with E-state index in [0.29, 0.717) is 5.56 Å². The molecular weight excluding hydrogens is 226 g/mol. The van der Waals surface area contributed by atoms with Crippen molar-refractivity contribution < 1.29 is 4.79 Å². The molecule has 0 radical (unpaired) electrons. The number of nitrogens with zero attached hydrogens (tertiary/aromatic N) is 2. The van der Waals surface area contributed by atoms with Crippen molar-refractivity contribution in [1.29, 1.82) is 0 Å². The number of hydrogen-bond acceptors (Lipinski definition) is 3. The van der Waals surface area contributed by atoms with Crippen LogP contribution in [0.15, 0.2) is 12.1 Å². The van der Waals surface area contributed by atoms with Crippen LogP contribution in [0.5, 0.6) is 0 Å². The van der Waals surface area contributed by atoms with Gasteiger partial charge in [-0.15, -0.1) is 0 Å². The Bertz CT molecular complexity index is 382. The van der Waals surface area contributed by atoms with Crippen molar-refractivity contribution in [2.75, 3.05) is 18.8 Å². The lowest BCUT2D eigenvalue weighted by Gasteiger charge is -2.26. The van der Waals surface area contributed by atoms with Crippen molar-refractivity contribution in [2.45, 2.75) is 19.3 Å². The highest BCUT2D eigenvalue weighted by molar-refractivity contribution is 6.29. The summed E-state index contributed by atoms with van der Waals surface area (Å²) < 4.78 is 0. The third-order valence-corrected chi connectivity index (χ3v) is 2.90. The summed E-state index contributed by atoms with van der Waals surface area (Å²) in [6.07, 6.45) is 3.34. The topological polar surface area (TPSA) is 59.2 Å². The minimum absolute atomic E-state index is 0.00398. The molecule has 0 spiro atoms. The Morgan fingerprint density at radius 3 is 2.62 bits per heavy atom. The molecule has 16 heavy (non-hydrogen) atoms. The number of pyridine rings is 1. The van der Waals surface area contributed by atoms with Gasteiger partial charge in [0.15, 0.2) is 0 Å². The number of carbonyl (C=O) groups excluding carboxylic acids is 1. The normalized spacial score (nSPS) is 16.2. The molecule has 0 bridgehead atoms. The lowest BCUT2D eigenvalue weighted by atomic mass is 10.1. The van der Waals surface area contributed by atoms with Crippen LogP contribution in [0.3, 0.4) is 0 Å². The van der Waals surface area contributed by atoms with Gasteiger partial charge in [0, 0.05) is 18.7 Å². The summed E-state index contributed by atoms with van der Waals surface area (Å²) in [5, 5.41) is 0.264. The van der Waals surface area contributed by atoms with E-state index in [-0.39, 0.29) is 16.9 Å². The fourth-order valence-electron chi connectivity index (χ4n) is 1.92. The average Bonchev–Trinajstić information content (AvgIpc) is 2.28. The molecule has 4 nitrogen and oxygen atoms in total. The van der Waals surface area contributed by atoms with Crippen LogP contribution >= 0.6 is 11.6 Å². The van der Waals surface area contributed by atoms with E-state index in [1.165, 1.54) is 6.42 Å². The number of hydrogen-bond donors (Lipinski definition) is 1. The third-order valence-electron chi connectivity index (χ3n) is 2.70. The lowest BCUT2D eigenvalue weighted by molar-refractivity contribution is 0.0724. The van der Waals surface area contributed by atoms with Gasteiger partial charge in [-0.2, -0.15) is 0 Å². The van der Waals surface area contributed by atoms with Crippen molar-refractivity contribution in [1.82, 2.24) is 9.88 Å². The number of nitrogen functional groups attached to an aromatic ring is 1. The van der Waals surface area contributed by atoms with Gasteiger partial charge in [-0.1, -0.05) is 11.6 Å². The first-order valence-corrected chi connectivity index (χ1v) is 5.77. The van der Waals surface area contributed by atoms with Crippen molar-refractivity contribution >= 4 is 23.3 Å². The van der Waals surface area contributed by atoms with Gasteiger partial charge in [0.05, 0.1) is 0 Å². The zero-order valence-corrected chi connectivity index (χ0v) is 9.70. The Balaban J connectivity index is 2.19. The Morgan fingerprint density at radius 1 is 1.31 bits per heavy atom. The smallest absolute Gasteiger partial charge is 0.254 e. The Labute approximate surface area is 99.4 Å². The molecule has 0 aliphatic carbocycles. The van der Waals surface area contributed by atoms with Crippen LogP contribution in [-0.4, -0.2) is 28.9 Å². The van der Waals surface area contributed by atoms with Gasteiger partial charge >= 0.3 is 0 Å². The van der Waals surface area contributed by atoms with Gasteiger partial charge in [0.1, 0.15) is 11.0 Å². The first-order valence-electron chi connectivity index (χ1n) is 5.39. The molecule has 2 rings (SSSR count). The molecule has 1 amide bonds. The first kappa shape index (κ1) is 11.2. The van der Waals surface area contributed by atoms with E-state index in [2.05, 4.69) is 4.98 Å². The zero-order valence-electron chi connectivity index (χ0n) is 8.95. The van der Waals surface area contributed by atoms with Crippen LogP contribution in [0.2, 0.25) is 5.15 Å². The summed E-state index contributed by atoms with van der Waals surface area (Å²) >= 11 is 5.77. The summed E-state index contributed by atoms with van der Waals surface area (Å²) in [5.41, 5.74) is 6.09. The molecule has 1 aliphatic heterocycles. The molecule has 0 aromatic carbocycles. The van der Waals surface area contributed by atoms with E-state index in [0.717, 1.165) is 25.9 Å². The maximum Gasteiger partial charge on any atom is 0.254 e. The van der Waals surface area contributed by atoms with Crippen LogP contribution in [0.4, 0.5) is 5.82 Å². The Hall–Kier alpha value is -1.29. The summed E-state index contributed by atoms with van der Waals surface area (Å²) in [4.78, 5) is 17.8. The highest BCUT2D eigenvalue weighted by atomic mass is 35.5. The molecule has 0 unspecified atom stereocenters. The number of amides is 1. The maximum atomic E-state index is 12.1. The molecule has 86 valence electrons. The second-order valence-corrected chi connectivity index (χ2v) is 4.34. The van der Waals surface area contributed by atoms with Crippen LogP contribution in [0, 0.1) is 0 Å². The number of nitrogens with two attached hydrogens (primary N) is 1. The summed E-state index contributed by atoms with van der Waals surface area (Å²) in [6.45, 7) is 1.64. The molecule has 0 atom stereocenters. The highest BCUT2D eigenvalue weighted by Gasteiger charge is 2.18. The lowest BCUT2D eigenvalue weighted by Crippen LogP contribution is -2.35. The minimum atomic E-state index is -0.00398. The first-order chi connectivity index (χ1) is 7.66. The number of piperidine rings is 1. The molecule has 1 fully saturated rings. The zero-order chi connectivity index (χ0) is 11.5. The largest absolute Gasteiger partial charge is 0.384 e. The predicted octanol–water partition coefficient (Wildman–Crippen LogP) is 1.94. The number of carbonyl (C=O) groups is 1. The van der Waals surface area contributed by atoms with Crippen LogP contribution in [-0.2, 0) is 0 Å². The van der Waals surface area contributed by atoms with Gasteiger partial charge in [-0.3, -0.25) is 4.79 Å². The molecule has 2 heterocycles. The molecule has 2 N–H and O–H groups in total. The number of halogens is 1. The molecule has 1 aliphatic rings. The van der Waals surface area contributed by atoms with E-state index in [1.54, 1.807) is 12.1 Å². The maximum absolute atomic E-state index is 12.1. The van der Waals surface area contributed by atoms with Crippen LogP contribution in [0.25, 0.3) is 0 Å². The fourth-order valence-corrected chi connectivity index (χ4v) is 2.14. The second kappa shape index (κ2) is 4.70. The average molecular weight is 240 g/mol. The third kappa shape index (κ3) is 2.44. The molecule has 5 heteroatoms. The minimum Gasteiger partial charge on any atom is -0.384 e. The summed E-state index contributed by atoms with van der Waals surface area (Å²) in [6, 6.07) is 3.14. The number of anilines is 1. The van der Waals surface area contributed by atoms with E-state index in [9.17, 15) is 4.79 Å². The van der Waals surface area contributed by atoms with Crippen molar-refractivity contribution in [3.8, 4) is 0 Å². The quantitative estimate of drug-likeness (QED) is 0.762. The molecular formula is C11H14ClN3O. The predicted molar refractivity (Wildman–Crippen MR) is 63.4 cm³/mol. The van der Waals surface area contributed by atoms with Gasteiger partial charge < -0.3 is 10.6 Å². The van der Waals surface area contributed by atoms with E-state index < -0.39 is 0 Å². The van der Waals surface area contributed by atoms with Crippen molar-refractivity contribution in [3.05, 3.63) is 22.8 Å². The van der Waals surface area contributed by atoms with Gasteiger partial charge in [-0.05, 0) is 31.4 Å². The number of rotatable bonds is 1. The van der Waals surface area contributed by atoms with Gasteiger partial charge in [-0.25, -0.2) is 4.98 Å². The van der Waals surface area contributed by atoms with E-state index >= 15 is 0 Å². The van der Waals surface area contributed by atoms with Crippen molar-refractivity contribution in [2.24, 2.45) is 0 Å². The van der Waals surface area contributed by atoms with Gasteiger partial charge in [0.2, 0.25) is 0 Å². The molecule has 1 saturated heterocycles. The molecule has 1 aromatic heterocycles. The molecule has 0 saturated carbocycles. The fraction of sp³-hybridized carbons (Fsp3) is 0.455. The Kier molecular flexibility index (Phi) is 3.29. The van der Waals surface area contributed by atoms with Crippen LogP contribution in [0.1, 0.15) is 29.6 Å². The number of aromatic nitrogens is 1. The molecule has 1 aromatic rings. The summed E-state index contributed by atoms with van der Waals surface area (Å²) in [5.74, 6) is 0.281. The van der Waals surface area contributed by atoms with E-state index in [1.807, 2.05) is 4.90 Å². The summed E-state index contributed by atoms with van der Waals surface area (Å²) in [7, 11) is 0. The highest BCUT2D eigenvalue weighted by Crippen LogP contribution is 2.17. The van der Waals surface area contributed by atoms with E-state index in [4.69, 9.17) is 17.3 Å². The van der Waals surface area contributed by atoms with Gasteiger partial charge in [0.25, 0.3) is 5.91 Å².